The zero-order chi connectivity index (χ0) is 22.7. The van der Waals surface area contributed by atoms with Crippen LogP contribution in [0.2, 0.25) is 10.0 Å². The summed E-state index contributed by atoms with van der Waals surface area (Å²) in [7, 11) is 0. The number of amides is 1. The maximum absolute atomic E-state index is 13.2. The molecule has 0 saturated carbocycles. The Morgan fingerprint density at radius 3 is 2.59 bits per heavy atom. The molecule has 1 aliphatic rings. The molecule has 0 N–H and O–H groups in total. The van der Waals surface area contributed by atoms with Crippen molar-refractivity contribution >= 4 is 40.4 Å². The van der Waals surface area contributed by atoms with E-state index in [0.717, 1.165) is 29.8 Å². The molecule has 0 spiro atoms. The normalized spacial score (nSPS) is 14.6. The van der Waals surface area contributed by atoms with Gasteiger partial charge in [-0.15, -0.1) is 11.3 Å². The average molecular weight is 493 g/mol. The van der Waals surface area contributed by atoms with Gasteiger partial charge in [0.15, 0.2) is 0 Å². The van der Waals surface area contributed by atoms with Gasteiger partial charge < -0.3 is 9.64 Å². The van der Waals surface area contributed by atoms with Crippen LogP contribution < -0.4 is 4.74 Å². The average Bonchev–Trinajstić information content (AvgIpc) is 3.25. The Balaban J connectivity index is 1.30. The Hall–Kier alpha value is -2.12. The molecular formula is C24H23Cl2FN2O2S. The topological polar surface area (TPSA) is 32.8 Å². The first-order chi connectivity index (χ1) is 15.4. The number of hydrogen-bond donors (Lipinski definition) is 0. The first-order valence-corrected chi connectivity index (χ1v) is 11.9. The van der Waals surface area contributed by atoms with Crippen molar-refractivity contribution in [2.75, 3.05) is 26.2 Å². The van der Waals surface area contributed by atoms with E-state index in [-0.39, 0.29) is 11.7 Å². The molecule has 2 heterocycles. The highest BCUT2D eigenvalue weighted by Crippen LogP contribution is 2.27. The molecule has 0 radical (unpaired) electrons. The second kappa shape index (κ2) is 10.2. The molecule has 4 nitrogen and oxygen atoms in total. The molecule has 1 saturated heterocycles. The molecule has 0 bridgehead atoms. The van der Waals surface area contributed by atoms with Crippen molar-refractivity contribution in [3.8, 4) is 5.75 Å². The smallest absolute Gasteiger partial charge is 0.264 e. The maximum Gasteiger partial charge on any atom is 0.264 e. The molecule has 1 fully saturated rings. The zero-order valence-corrected chi connectivity index (χ0v) is 19.9. The number of rotatable bonds is 6. The first kappa shape index (κ1) is 23.1. The fourth-order valence-electron chi connectivity index (χ4n) is 3.60. The Labute approximate surface area is 201 Å². The molecule has 8 heteroatoms. The fraction of sp³-hybridized carbons (Fsp3) is 0.292. The quantitative estimate of drug-likeness (QED) is 0.420. The summed E-state index contributed by atoms with van der Waals surface area (Å²) in [6.45, 7) is 5.75. The van der Waals surface area contributed by atoms with Crippen molar-refractivity contribution in [3.63, 3.8) is 0 Å². The van der Waals surface area contributed by atoms with E-state index < -0.39 is 0 Å². The summed E-state index contributed by atoms with van der Waals surface area (Å²) >= 11 is 13.8. The van der Waals surface area contributed by atoms with Crippen molar-refractivity contribution in [2.24, 2.45) is 0 Å². The number of carbonyl (C=O) groups excluding carboxylic acids is 1. The SMILES string of the molecule is Cc1ccc(Cl)c(OCc2csc(C(=O)N3CCN(Cc4ccc(F)cc4Cl)CC3)c2)c1. The first-order valence-electron chi connectivity index (χ1n) is 10.3. The number of nitrogens with zero attached hydrogens (tertiary/aromatic N) is 2. The van der Waals surface area contributed by atoms with Gasteiger partial charge in [-0.25, -0.2) is 4.39 Å². The number of ether oxygens (including phenoxy) is 1. The number of thiophene rings is 1. The van der Waals surface area contributed by atoms with E-state index in [4.69, 9.17) is 27.9 Å². The molecule has 0 unspecified atom stereocenters. The third-order valence-electron chi connectivity index (χ3n) is 5.41. The van der Waals surface area contributed by atoms with E-state index in [1.807, 2.05) is 41.5 Å². The maximum atomic E-state index is 13.2. The summed E-state index contributed by atoms with van der Waals surface area (Å²) in [5.74, 6) is 0.342. The number of aryl methyl sites for hydroxylation is 1. The van der Waals surface area contributed by atoms with Gasteiger partial charge in [0.25, 0.3) is 5.91 Å². The lowest BCUT2D eigenvalue weighted by Crippen LogP contribution is -2.48. The molecule has 1 aliphatic heterocycles. The molecule has 4 rings (SSSR count). The molecule has 0 atom stereocenters. The molecule has 168 valence electrons. The highest BCUT2D eigenvalue weighted by Gasteiger charge is 2.23. The largest absolute Gasteiger partial charge is 0.487 e. The molecule has 3 aromatic rings. The molecule has 1 amide bonds. The summed E-state index contributed by atoms with van der Waals surface area (Å²) in [5, 5.41) is 2.95. The van der Waals surface area contributed by atoms with Crippen molar-refractivity contribution in [3.05, 3.63) is 85.3 Å². The summed E-state index contributed by atoms with van der Waals surface area (Å²) in [4.78, 5) is 17.7. The zero-order valence-electron chi connectivity index (χ0n) is 17.6. The number of carbonyl (C=O) groups is 1. The van der Waals surface area contributed by atoms with Gasteiger partial charge in [-0.3, -0.25) is 9.69 Å². The number of hydrogen-bond acceptors (Lipinski definition) is 4. The van der Waals surface area contributed by atoms with Crippen LogP contribution in [0.1, 0.15) is 26.4 Å². The van der Waals surface area contributed by atoms with Crippen LogP contribution >= 0.6 is 34.5 Å². The second-order valence-corrected chi connectivity index (χ2v) is 9.57. The highest BCUT2D eigenvalue weighted by molar-refractivity contribution is 7.12. The van der Waals surface area contributed by atoms with E-state index in [2.05, 4.69) is 4.90 Å². The van der Waals surface area contributed by atoms with Crippen LogP contribution in [0, 0.1) is 12.7 Å². The van der Waals surface area contributed by atoms with Gasteiger partial charge in [0.05, 0.1) is 9.90 Å². The Kier molecular flexibility index (Phi) is 7.36. The monoisotopic (exact) mass is 492 g/mol. The van der Waals surface area contributed by atoms with Crippen LogP contribution in [-0.4, -0.2) is 41.9 Å². The van der Waals surface area contributed by atoms with Gasteiger partial charge in [-0.2, -0.15) is 0 Å². The van der Waals surface area contributed by atoms with E-state index in [1.165, 1.54) is 23.5 Å². The number of benzene rings is 2. The number of piperazine rings is 1. The molecule has 2 aromatic carbocycles. The van der Waals surface area contributed by atoms with Crippen LogP contribution in [0.25, 0.3) is 0 Å². The van der Waals surface area contributed by atoms with Crippen molar-refractivity contribution in [1.82, 2.24) is 9.80 Å². The Morgan fingerprint density at radius 2 is 1.84 bits per heavy atom. The van der Waals surface area contributed by atoms with Crippen molar-refractivity contribution in [1.29, 1.82) is 0 Å². The highest BCUT2D eigenvalue weighted by atomic mass is 35.5. The Morgan fingerprint density at radius 1 is 1.06 bits per heavy atom. The molecule has 0 aliphatic carbocycles. The standard InChI is InChI=1S/C24H23Cl2FN2O2S/c1-16-2-5-20(25)22(10-16)31-14-17-11-23(32-15-17)24(30)29-8-6-28(7-9-29)13-18-3-4-19(27)12-21(18)26/h2-5,10-12,15H,6-9,13-14H2,1H3. The predicted molar refractivity (Wildman–Crippen MR) is 127 cm³/mol. The van der Waals surface area contributed by atoms with Gasteiger partial charge >= 0.3 is 0 Å². The summed E-state index contributed by atoms with van der Waals surface area (Å²) in [6, 6.07) is 12.0. The van der Waals surface area contributed by atoms with E-state index in [1.54, 1.807) is 6.07 Å². The minimum absolute atomic E-state index is 0.0364. The van der Waals surface area contributed by atoms with Crippen LogP contribution in [-0.2, 0) is 13.2 Å². The van der Waals surface area contributed by atoms with Crippen molar-refractivity contribution < 1.29 is 13.9 Å². The van der Waals surface area contributed by atoms with Crippen LogP contribution in [0.3, 0.4) is 0 Å². The van der Waals surface area contributed by atoms with E-state index in [9.17, 15) is 9.18 Å². The van der Waals surface area contributed by atoms with Crippen molar-refractivity contribution in [2.45, 2.75) is 20.1 Å². The lowest BCUT2D eigenvalue weighted by molar-refractivity contribution is 0.0633. The van der Waals surface area contributed by atoms with E-state index in [0.29, 0.717) is 46.9 Å². The lowest BCUT2D eigenvalue weighted by atomic mass is 10.2. The Bertz CT molecular complexity index is 1110. The van der Waals surface area contributed by atoms with Crippen LogP contribution in [0.5, 0.6) is 5.75 Å². The third-order valence-corrected chi connectivity index (χ3v) is 7.05. The number of halogens is 3. The van der Waals surface area contributed by atoms with Gasteiger partial charge in [0, 0.05) is 43.3 Å². The van der Waals surface area contributed by atoms with Gasteiger partial charge in [-0.05, 0) is 53.8 Å². The van der Waals surface area contributed by atoms with Gasteiger partial charge in [0.1, 0.15) is 18.2 Å². The van der Waals surface area contributed by atoms with Crippen LogP contribution in [0.15, 0.2) is 47.8 Å². The van der Waals surface area contributed by atoms with Gasteiger partial charge in [-0.1, -0.05) is 35.3 Å². The van der Waals surface area contributed by atoms with Crippen LogP contribution in [0.4, 0.5) is 4.39 Å². The predicted octanol–water partition coefficient (Wildman–Crippen LogP) is 6.04. The minimum Gasteiger partial charge on any atom is -0.487 e. The van der Waals surface area contributed by atoms with E-state index >= 15 is 0 Å². The minimum atomic E-state index is -0.336. The summed E-state index contributed by atoms with van der Waals surface area (Å²) < 4.78 is 19.1. The summed E-state index contributed by atoms with van der Waals surface area (Å²) in [6.07, 6.45) is 0. The molecular weight excluding hydrogens is 470 g/mol. The fourth-order valence-corrected chi connectivity index (χ4v) is 4.86. The summed E-state index contributed by atoms with van der Waals surface area (Å²) in [5.41, 5.74) is 2.91. The molecule has 1 aromatic heterocycles. The second-order valence-electron chi connectivity index (χ2n) is 7.85. The lowest BCUT2D eigenvalue weighted by Gasteiger charge is -2.34. The third kappa shape index (κ3) is 5.62. The molecule has 32 heavy (non-hydrogen) atoms. The van der Waals surface area contributed by atoms with Gasteiger partial charge in [0.2, 0.25) is 0 Å².